The van der Waals surface area contributed by atoms with Crippen molar-refractivity contribution in [2.45, 2.75) is 99.6 Å². The highest BCUT2D eigenvalue weighted by molar-refractivity contribution is 6.34. The number of carbonyl (C=O) groups excluding carboxylic acids is 3. The molecular weight excluding hydrogens is 800 g/mol. The maximum Gasteiger partial charge on any atom is 0.256 e. The summed E-state index contributed by atoms with van der Waals surface area (Å²) >= 11 is 6.85. The number of piperidine rings is 3. The lowest BCUT2D eigenvalue weighted by Gasteiger charge is -2.47. The number of fused-ring (bicyclic) bond motifs is 5. The monoisotopic (exact) mass is 854 g/mol. The Morgan fingerprint density at radius 3 is 2.35 bits per heavy atom. The van der Waals surface area contributed by atoms with Gasteiger partial charge in [-0.2, -0.15) is 0 Å². The van der Waals surface area contributed by atoms with Crippen LogP contribution in [0.1, 0.15) is 113 Å². The van der Waals surface area contributed by atoms with E-state index in [2.05, 4.69) is 75.8 Å². The van der Waals surface area contributed by atoms with E-state index < -0.39 is 11.9 Å². The summed E-state index contributed by atoms with van der Waals surface area (Å²) in [7, 11) is 0. The fourth-order valence-corrected chi connectivity index (χ4v) is 12.6. The third kappa shape index (κ3) is 6.97. The van der Waals surface area contributed by atoms with Gasteiger partial charge in [0.25, 0.3) is 5.91 Å². The molecule has 0 aromatic heterocycles. The molecule has 4 aromatic carbocycles. The van der Waals surface area contributed by atoms with Crippen molar-refractivity contribution in [3.05, 3.63) is 123 Å². The van der Waals surface area contributed by atoms with Gasteiger partial charge in [-0.05, 0) is 135 Å². The van der Waals surface area contributed by atoms with Gasteiger partial charge in [0.1, 0.15) is 17.5 Å². The molecule has 1 aliphatic carbocycles. The van der Waals surface area contributed by atoms with Gasteiger partial charge in [0, 0.05) is 54.2 Å². The van der Waals surface area contributed by atoms with Gasteiger partial charge in [-0.15, -0.1) is 0 Å². The van der Waals surface area contributed by atoms with Gasteiger partial charge in [-0.25, -0.2) is 0 Å². The maximum atomic E-state index is 13.5. The van der Waals surface area contributed by atoms with Crippen molar-refractivity contribution < 1.29 is 29.0 Å². The highest BCUT2D eigenvalue weighted by atomic mass is 35.5. The summed E-state index contributed by atoms with van der Waals surface area (Å²) in [5.74, 6) is 1.28. The predicted octanol–water partition coefficient (Wildman–Crippen LogP) is 7.86. The number of nitrogens with one attached hydrogen (secondary N) is 1. The number of imide groups is 1. The van der Waals surface area contributed by atoms with Crippen molar-refractivity contribution in [3.8, 4) is 11.5 Å². The van der Waals surface area contributed by atoms with E-state index in [0.717, 1.165) is 101 Å². The molecule has 6 aliphatic heterocycles. The third-order valence-electron chi connectivity index (χ3n) is 15.9. The molecule has 0 saturated carbocycles. The number of amides is 3. The van der Waals surface area contributed by atoms with Gasteiger partial charge in [0.15, 0.2) is 0 Å². The van der Waals surface area contributed by atoms with Crippen LogP contribution < -0.4 is 15.0 Å². The van der Waals surface area contributed by atoms with E-state index in [9.17, 15) is 19.5 Å². The van der Waals surface area contributed by atoms with Gasteiger partial charge in [0.2, 0.25) is 11.8 Å². The number of rotatable bonds is 6. The van der Waals surface area contributed by atoms with Crippen molar-refractivity contribution in [1.29, 1.82) is 0 Å². The summed E-state index contributed by atoms with van der Waals surface area (Å²) in [6.07, 6.45) is 8.87. The molecule has 2 N–H and O–H groups in total. The second-order valence-corrected chi connectivity index (χ2v) is 19.7. The summed E-state index contributed by atoms with van der Waals surface area (Å²) in [4.78, 5) is 44.7. The Labute approximate surface area is 368 Å². The quantitative estimate of drug-likeness (QED) is 0.189. The average Bonchev–Trinajstić information content (AvgIpc) is 3.82. The fraction of sp³-hybridized carbons (Fsp3) is 0.471. The van der Waals surface area contributed by atoms with Crippen LogP contribution in [0.4, 0.5) is 5.69 Å². The number of phenols is 1. The first-order valence-corrected chi connectivity index (χ1v) is 23.2. The topological polar surface area (TPSA) is 112 Å². The van der Waals surface area contributed by atoms with Crippen LogP contribution in [0, 0.1) is 5.92 Å². The molecule has 4 aromatic rings. The van der Waals surface area contributed by atoms with Crippen molar-refractivity contribution in [3.63, 3.8) is 0 Å². The molecule has 11 rings (SSSR count). The number of ether oxygens (including phenoxy) is 2. The largest absolute Gasteiger partial charge is 0.508 e. The van der Waals surface area contributed by atoms with Crippen LogP contribution in [-0.2, 0) is 32.7 Å². The summed E-state index contributed by atoms with van der Waals surface area (Å²) in [6.45, 7) is 6.62. The molecule has 0 radical (unpaired) electrons. The summed E-state index contributed by atoms with van der Waals surface area (Å²) in [5, 5.41) is 13.1. The Morgan fingerprint density at radius 1 is 0.823 bits per heavy atom. The summed E-state index contributed by atoms with van der Waals surface area (Å²) in [6, 6.07) is 27.4. The highest BCUT2D eigenvalue weighted by Gasteiger charge is 2.49. The van der Waals surface area contributed by atoms with E-state index in [1.54, 1.807) is 4.90 Å². The second-order valence-electron chi connectivity index (χ2n) is 19.3. The van der Waals surface area contributed by atoms with Crippen molar-refractivity contribution in [2.75, 3.05) is 50.8 Å². The Bertz CT molecular complexity index is 2400. The van der Waals surface area contributed by atoms with Crippen molar-refractivity contribution >= 4 is 35.0 Å². The average molecular weight is 855 g/mol. The molecule has 62 heavy (non-hydrogen) atoms. The van der Waals surface area contributed by atoms with E-state index in [0.29, 0.717) is 41.2 Å². The number of phenolic OH excluding ortho intramolecular Hbond substituents is 1. The smallest absolute Gasteiger partial charge is 0.256 e. The SMILES string of the molecule is O=C1CCC(N2Cc3c4c(cc(Cl)c3C2=O)C2(CCN(C[C@H]3CCC5(CCN(c6ccc([C@@H]7c8ccc(O)cc8CC[C@@H]7c7ccccc7)cc6)CC5)OC3)CC2)CO4)C(=O)N1. The van der Waals surface area contributed by atoms with Crippen LogP contribution in [0.15, 0.2) is 78.9 Å². The molecule has 4 atom stereocenters. The Kier molecular flexibility index (Phi) is 10.1. The van der Waals surface area contributed by atoms with E-state index in [-0.39, 0.29) is 41.7 Å². The lowest BCUT2D eigenvalue weighted by molar-refractivity contribution is -0.136. The van der Waals surface area contributed by atoms with Crippen LogP contribution in [0.5, 0.6) is 11.5 Å². The number of nitrogens with zero attached hydrogens (tertiary/aromatic N) is 3. The standard InChI is InChI=1S/C51H55ClN4O6/c52-42-27-41-47(40-29-56(49(60)46(40)42)43-14-15-44(58)53-48(43)59)61-31-50(41)18-22-54(23-19-50)28-32-16-17-51(62-30-32)20-24-55(25-21-51)36-9-6-34(7-10-36)45-38(33-4-2-1-3-5-33)12-8-35-26-37(57)11-13-39(35)45/h1-7,9-11,13,26-27,32,38,43,45,57H,8,12,14-25,28-31H2,(H,53,58,59)/t32-,38-,43?,45+/m1/s1. The van der Waals surface area contributed by atoms with Gasteiger partial charge < -0.3 is 29.3 Å². The minimum Gasteiger partial charge on any atom is -0.508 e. The number of carbonyl (C=O) groups is 3. The zero-order chi connectivity index (χ0) is 42.2. The Morgan fingerprint density at radius 2 is 1.61 bits per heavy atom. The van der Waals surface area contributed by atoms with E-state index in [1.165, 1.54) is 34.4 Å². The molecule has 322 valence electrons. The number of benzene rings is 4. The van der Waals surface area contributed by atoms with Gasteiger partial charge in [-0.3, -0.25) is 19.7 Å². The molecule has 2 spiro atoms. The van der Waals surface area contributed by atoms with E-state index in [1.807, 2.05) is 18.2 Å². The Balaban J connectivity index is 0.684. The number of likely N-dealkylation sites (tertiary alicyclic amines) is 1. The van der Waals surface area contributed by atoms with Crippen LogP contribution >= 0.6 is 11.6 Å². The van der Waals surface area contributed by atoms with Crippen LogP contribution in [-0.4, -0.2) is 90.2 Å². The zero-order valence-corrected chi connectivity index (χ0v) is 36.0. The first-order chi connectivity index (χ1) is 30.2. The number of halogens is 1. The van der Waals surface area contributed by atoms with Crippen molar-refractivity contribution in [1.82, 2.24) is 15.1 Å². The molecular formula is C51H55ClN4O6. The number of aromatic hydroxyl groups is 1. The van der Waals surface area contributed by atoms with Gasteiger partial charge in [0.05, 0.1) is 35.9 Å². The minimum absolute atomic E-state index is 0.0290. The number of hydrogen-bond donors (Lipinski definition) is 2. The molecule has 10 nitrogen and oxygen atoms in total. The van der Waals surface area contributed by atoms with Crippen molar-refractivity contribution in [2.24, 2.45) is 5.92 Å². The zero-order valence-electron chi connectivity index (χ0n) is 35.3. The van der Waals surface area contributed by atoms with E-state index in [4.69, 9.17) is 21.1 Å². The minimum atomic E-state index is -0.688. The predicted molar refractivity (Wildman–Crippen MR) is 237 cm³/mol. The van der Waals surface area contributed by atoms with Gasteiger partial charge >= 0.3 is 0 Å². The lowest BCUT2D eigenvalue weighted by Crippen LogP contribution is -2.52. The summed E-state index contributed by atoms with van der Waals surface area (Å²) < 4.78 is 13.3. The molecule has 6 heterocycles. The highest BCUT2D eigenvalue weighted by Crippen LogP contribution is 2.52. The molecule has 11 heteroatoms. The fourth-order valence-electron chi connectivity index (χ4n) is 12.3. The molecule has 7 aliphatic rings. The number of anilines is 1. The van der Waals surface area contributed by atoms with E-state index >= 15 is 0 Å². The Hall–Kier alpha value is -4.90. The van der Waals surface area contributed by atoms with Crippen LogP contribution in [0.2, 0.25) is 5.02 Å². The second kappa shape index (κ2) is 15.7. The number of aryl methyl sites for hydroxylation is 1. The first-order valence-electron chi connectivity index (χ1n) is 22.9. The molecule has 3 amide bonds. The third-order valence-corrected chi connectivity index (χ3v) is 16.2. The van der Waals surface area contributed by atoms with Crippen LogP contribution in [0.3, 0.4) is 0 Å². The van der Waals surface area contributed by atoms with Gasteiger partial charge in [-0.1, -0.05) is 60.1 Å². The molecule has 4 saturated heterocycles. The molecule has 0 bridgehead atoms. The normalized spacial score (nSPS) is 26.6. The summed E-state index contributed by atoms with van der Waals surface area (Å²) in [5.41, 5.74) is 8.71. The van der Waals surface area contributed by atoms with Crippen LogP contribution in [0.25, 0.3) is 0 Å². The molecule has 4 fully saturated rings. The first kappa shape index (κ1) is 39.9. The lowest BCUT2D eigenvalue weighted by atomic mass is 9.69. The number of hydrogen-bond acceptors (Lipinski definition) is 8. The molecule has 1 unspecified atom stereocenters. The maximum absolute atomic E-state index is 13.5.